The van der Waals surface area contributed by atoms with E-state index in [9.17, 15) is 0 Å². The monoisotopic (exact) mass is 180 g/mol. The fourth-order valence-electron chi connectivity index (χ4n) is 1.74. The van der Waals surface area contributed by atoms with E-state index in [1.165, 1.54) is 0 Å². The number of nitrogens with one attached hydrogen (secondary N) is 1. The third-order valence-electron chi connectivity index (χ3n) is 2.62. The highest BCUT2D eigenvalue weighted by Gasteiger charge is 2.19. The van der Waals surface area contributed by atoms with Gasteiger partial charge in [-0.15, -0.1) is 0 Å². The van der Waals surface area contributed by atoms with Crippen LogP contribution in [0.4, 0.5) is 0 Å². The van der Waals surface area contributed by atoms with Crippen molar-refractivity contribution < 1.29 is 4.42 Å². The molecule has 1 aliphatic heterocycles. The molecule has 13 heavy (non-hydrogen) atoms. The average Bonchev–Trinajstić information content (AvgIpc) is 2.67. The Morgan fingerprint density at radius 1 is 1.54 bits per heavy atom. The van der Waals surface area contributed by atoms with Crippen molar-refractivity contribution in [1.29, 1.82) is 0 Å². The van der Waals surface area contributed by atoms with Gasteiger partial charge in [0, 0.05) is 5.92 Å². The molecule has 1 fully saturated rings. The van der Waals surface area contributed by atoms with Crippen LogP contribution in [0, 0.1) is 0 Å². The van der Waals surface area contributed by atoms with E-state index in [2.05, 4.69) is 17.2 Å². The molecular weight excluding hydrogens is 164 g/mol. The largest absolute Gasteiger partial charge is 0.448 e. The lowest BCUT2D eigenvalue weighted by Crippen LogP contribution is -2.26. The van der Waals surface area contributed by atoms with Gasteiger partial charge in [0.1, 0.15) is 6.26 Å². The molecule has 0 bridgehead atoms. The molecule has 2 rings (SSSR count). The maximum Gasteiger partial charge on any atom is 0.197 e. The fraction of sp³-hybridized carbons (Fsp3) is 0.700. The summed E-state index contributed by atoms with van der Waals surface area (Å²) in [7, 11) is 0. The highest BCUT2D eigenvalue weighted by Crippen LogP contribution is 2.24. The average molecular weight is 180 g/mol. The number of aryl methyl sites for hydroxylation is 1. The van der Waals surface area contributed by atoms with Crippen molar-refractivity contribution in [2.75, 3.05) is 13.1 Å². The summed E-state index contributed by atoms with van der Waals surface area (Å²) < 4.78 is 5.46. The lowest BCUT2D eigenvalue weighted by atomic mass is 9.98. The summed E-state index contributed by atoms with van der Waals surface area (Å²) in [5.41, 5.74) is 1.08. The topological polar surface area (TPSA) is 38.1 Å². The van der Waals surface area contributed by atoms with E-state index in [-0.39, 0.29) is 0 Å². The molecule has 0 atom stereocenters. The number of hydrogen-bond donors (Lipinski definition) is 1. The van der Waals surface area contributed by atoms with Gasteiger partial charge in [-0.1, -0.05) is 6.92 Å². The van der Waals surface area contributed by atoms with Gasteiger partial charge < -0.3 is 9.73 Å². The lowest BCUT2D eigenvalue weighted by Gasteiger charge is -2.19. The van der Waals surface area contributed by atoms with Gasteiger partial charge in [0.25, 0.3) is 0 Å². The zero-order valence-corrected chi connectivity index (χ0v) is 8.05. The molecule has 1 aromatic heterocycles. The molecule has 0 aromatic carbocycles. The molecule has 0 radical (unpaired) electrons. The summed E-state index contributed by atoms with van der Waals surface area (Å²) in [4.78, 5) is 4.46. The molecule has 0 amide bonds. The van der Waals surface area contributed by atoms with Gasteiger partial charge in [-0.25, -0.2) is 4.98 Å². The molecule has 0 spiro atoms. The molecule has 0 saturated carbocycles. The first-order valence-electron chi connectivity index (χ1n) is 5.05. The van der Waals surface area contributed by atoms with Crippen LogP contribution in [0.2, 0.25) is 0 Å². The number of aromatic nitrogens is 1. The van der Waals surface area contributed by atoms with Crippen LogP contribution in [0.3, 0.4) is 0 Å². The second-order valence-corrected chi connectivity index (χ2v) is 3.55. The van der Waals surface area contributed by atoms with Crippen LogP contribution in [-0.2, 0) is 6.42 Å². The molecule has 0 aliphatic carbocycles. The standard InChI is InChI=1S/C10H16N2O/c1-2-9-7-13-10(12-9)8-3-5-11-6-4-8/h7-8,11H,2-6H2,1H3. The molecule has 1 saturated heterocycles. The Balaban J connectivity index is 2.05. The van der Waals surface area contributed by atoms with E-state index in [0.29, 0.717) is 5.92 Å². The number of rotatable bonds is 2. The third-order valence-corrected chi connectivity index (χ3v) is 2.62. The third kappa shape index (κ3) is 1.91. The maximum atomic E-state index is 5.46. The molecule has 1 aliphatic rings. The van der Waals surface area contributed by atoms with Crippen LogP contribution in [0.15, 0.2) is 10.7 Å². The maximum absolute atomic E-state index is 5.46. The van der Waals surface area contributed by atoms with Gasteiger partial charge in [-0.05, 0) is 32.4 Å². The number of nitrogens with zero attached hydrogens (tertiary/aromatic N) is 1. The SMILES string of the molecule is CCc1coc(C2CCNCC2)n1. The van der Waals surface area contributed by atoms with Crippen molar-refractivity contribution in [2.24, 2.45) is 0 Å². The minimum absolute atomic E-state index is 0.543. The summed E-state index contributed by atoms with van der Waals surface area (Å²) >= 11 is 0. The molecule has 0 unspecified atom stereocenters. The van der Waals surface area contributed by atoms with Gasteiger partial charge in [0.2, 0.25) is 0 Å². The summed E-state index contributed by atoms with van der Waals surface area (Å²) in [6.45, 7) is 4.28. The van der Waals surface area contributed by atoms with E-state index in [1.807, 2.05) is 0 Å². The van der Waals surface area contributed by atoms with Gasteiger partial charge in [0.15, 0.2) is 5.89 Å². The first-order valence-corrected chi connectivity index (χ1v) is 5.05. The highest BCUT2D eigenvalue weighted by atomic mass is 16.3. The fourth-order valence-corrected chi connectivity index (χ4v) is 1.74. The van der Waals surface area contributed by atoms with Crippen molar-refractivity contribution in [3.63, 3.8) is 0 Å². The second-order valence-electron chi connectivity index (χ2n) is 3.55. The number of piperidine rings is 1. The zero-order chi connectivity index (χ0) is 9.10. The zero-order valence-electron chi connectivity index (χ0n) is 8.05. The van der Waals surface area contributed by atoms with E-state index < -0.39 is 0 Å². The Bertz CT molecular complexity index is 264. The van der Waals surface area contributed by atoms with Crippen LogP contribution in [0.1, 0.15) is 37.3 Å². The van der Waals surface area contributed by atoms with Crippen molar-refractivity contribution in [3.8, 4) is 0 Å². The predicted octanol–water partition coefficient (Wildman–Crippen LogP) is 1.70. The highest BCUT2D eigenvalue weighted by molar-refractivity contribution is 5.01. The summed E-state index contributed by atoms with van der Waals surface area (Å²) in [5, 5.41) is 3.34. The quantitative estimate of drug-likeness (QED) is 0.752. The first-order chi connectivity index (χ1) is 6.40. The molecule has 3 nitrogen and oxygen atoms in total. The van der Waals surface area contributed by atoms with E-state index >= 15 is 0 Å². The normalized spacial score (nSPS) is 19.2. The second kappa shape index (κ2) is 3.92. The van der Waals surface area contributed by atoms with Crippen LogP contribution >= 0.6 is 0 Å². The Morgan fingerprint density at radius 3 is 2.92 bits per heavy atom. The molecule has 2 heterocycles. The lowest BCUT2D eigenvalue weighted by molar-refractivity contribution is 0.374. The predicted molar refractivity (Wildman–Crippen MR) is 50.7 cm³/mol. The van der Waals surface area contributed by atoms with Crippen LogP contribution < -0.4 is 5.32 Å². The van der Waals surface area contributed by atoms with E-state index in [1.54, 1.807) is 6.26 Å². The minimum Gasteiger partial charge on any atom is -0.448 e. The summed E-state index contributed by atoms with van der Waals surface area (Å²) in [6.07, 6.45) is 5.07. The molecular formula is C10H16N2O. The van der Waals surface area contributed by atoms with Crippen LogP contribution in [0.5, 0.6) is 0 Å². The molecule has 3 heteroatoms. The van der Waals surface area contributed by atoms with Crippen LogP contribution in [-0.4, -0.2) is 18.1 Å². The number of hydrogen-bond acceptors (Lipinski definition) is 3. The van der Waals surface area contributed by atoms with Gasteiger partial charge in [-0.3, -0.25) is 0 Å². The van der Waals surface area contributed by atoms with E-state index in [4.69, 9.17) is 4.42 Å². The smallest absolute Gasteiger partial charge is 0.197 e. The summed E-state index contributed by atoms with van der Waals surface area (Å²) in [5.74, 6) is 1.49. The molecule has 1 aromatic rings. The van der Waals surface area contributed by atoms with Gasteiger partial charge >= 0.3 is 0 Å². The van der Waals surface area contributed by atoms with Crippen molar-refractivity contribution in [1.82, 2.24) is 10.3 Å². The van der Waals surface area contributed by atoms with Crippen molar-refractivity contribution >= 4 is 0 Å². The van der Waals surface area contributed by atoms with Crippen molar-refractivity contribution in [3.05, 3.63) is 17.8 Å². The first kappa shape index (κ1) is 8.75. The van der Waals surface area contributed by atoms with E-state index in [0.717, 1.165) is 43.9 Å². The van der Waals surface area contributed by atoms with Crippen LogP contribution in [0.25, 0.3) is 0 Å². The van der Waals surface area contributed by atoms with Gasteiger partial charge in [-0.2, -0.15) is 0 Å². The molecule has 72 valence electrons. The Morgan fingerprint density at radius 2 is 2.31 bits per heavy atom. The Kier molecular flexibility index (Phi) is 2.64. The Hall–Kier alpha value is -0.830. The van der Waals surface area contributed by atoms with Crippen molar-refractivity contribution in [2.45, 2.75) is 32.1 Å². The Labute approximate surface area is 78.5 Å². The minimum atomic E-state index is 0.543. The molecule has 1 N–H and O–H groups in total. The van der Waals surface area contributed by atoms with Gasteiger partial charge in [0.05, 0.1) is 5.69 Å². The number of oxazole rings is 1. The summed E-state index contributed by atoms with van der Waals surface area (Å²) in [6, 6.07) is 0.